The molecule has 370 valence electrons. The molecule has 0 spiro atoms. The van der Waals surface area contributed by atoms with E-state index in [9.17, 15) is 19.0 Å². The number of carboxylic acid groups (broad SMARTS) is 1. The van der Waals surface area contributed by atoms with Crippen molar-refractivity contribution in [2.24, 2.45) is 5.73 Å². The van der Waals surface area contributed by atoms with Gasteiger partial charge in [-0.05, 0) is 96.3 Å². The lowest BCUT2D eigenvalue weighted by atomic mass is 10.1. The van der Waals surface area contributed by atoms with Crippen LogP contribution >= 0.6 is 7.82 Å². The molecule has 0 heterocycles. The third-order valence-electron chi connectivity index (χ3n) is 10.0. The summed E-state index contributed by atoms with van der Waals surface area (Å²) in [6.45, 7) is 3.59. The first-order chi connectivity index (χ1) is 31.7. The molecule has 0 rings (SSSR count). The van der Waals surface area contributed by atoms with Crippen LogP contribution in [0.3, 0.4) is 0 Å². The number of rotatable bonds is 46. The molecule has 0 amide bonds. The number of hydrogen-bond acceptors (Lipinski definition) is 8. The van der Waals surface area contributed by atoms with E-state index in [0.29, 0.717) is 13.0 Å². The Morgan fingerprint density at radius 3 is 1.26 bits per heavy atom. The molecule has 0 saturated heterocycles. The van der Waals surface area contributed by atoms with Crippen molar-refractivity contribution < 1.29 is 42.7 Å². The number of phosphoric acid groups is 1. The van der Waals surface area contributed by atoms with E-state index in [0.717, 1.165) is 96.3 Å². The van der Waals surface area contributed by atoms with Gasteiger partial charge in [-0.3, -0.25) is 18.6 Å². The van der Waals surface area contributed by atoms with Crippen molar-refractivity contribution in [3.63, 3.8) is 0 Å². The van der Waals surface area contributed by atoms with Gasteiger partial charge in [0.05, 0.1) is 19.8 Å². The van der Waals surface area contributed by atoms with Gasteiger partial charge in [-0.15, -0.1) is 0 Å². The highest BCUT2D eigenvalue weighted by atomic mass is 31.2. The Morgan fingerprint density at radius 1 is 0.492 bits per heavy atom. The molecule has 4 N–H and O–H groups in total. The highest BCUT2D eigenvalue weighted by molar-refractivity contribution is 7.47. The van der Waals surface area contributed by atoms with Crippen LogP contribution in [0.5, 0.6) is 0 Å². The van der Waals surface area contributed by atoms with Gasteiger partial charge in [0.15, 0.2) is 0 Å². The number of carboxylic acids is 1. The van der Waals surface area contributed by atoms with Gasteiger partial charge < -0.3 is 25.2 Å². The zero-order chi connectivity index (χ0) is 47.6. The molecule has 0 bridgehead atoms. The van der Waals surface area contributed by atoms with Gasteiger partial charge in [-0.25, -0.2) is 4.57 Å². The summed E-state index contributed by atoms with van der Waals surface area (Å²) in [4.78, 5) is 33.7. The lowest BCUT2D eigenvalue weighted by Crippen LogP contribution is -2.34. The van der Waals surface area contributed by atoms with Crippen LogP contribution < -0.4 is 5.73 Å². The first-order valence-corrected chi connectivity index (χ1v) is 26.4. The van der Waals surface area contributed by atoms with Gasteiger partial charge in [0.25, 0.3) is 0 Å². The first kappa shape index (κ1) is 61.6. The minimum Gasteiger partial charge on any atom is -0.480 e. The van der Waals surface area contributed by atoms with Crippen molar-refractivity contribution >= 4 is 19.8 Å². The van der Waals surface area contributed by atoms with Crippen LogP contribution in [0.2, 0.25) is 0 Å². The van der Waals surface area contributed by atoms with Crippen molar-refractivity contribution in [1.29, 1.82) is 0 Å². The number of phosphoric ester groups is 1. The number of carbonyl (C=O) groups is 2. The zero-order valence-corrected chi connectivity index (χ0v) is 41.4. The molecular weight excluding hydrogens is 838 g/mol. The molecule has 0 aliphatic carbocycles. The molecule has 3 unspecified atom stereocenters. The van der Waals surface area contributed by atoms with E-state index in [4.69, 9.17) is 29.4 Å². The van der Waals surface area contributed by atoms with Crippen LogP contribution in [-0.4, -0.2) is 60.5 Å². The Kier molecular flexibility index (Phi) is 46.0. The fourth-order valence-electron chi connectivity index (χ4n) is 6.27. The Balaban J connectivity index is 4.23. The molecule has 11 heteroatoms. The topological polar surface area (TPSA) is 155 Å². The third kappa shape index (κ3) is 48.4. The summed E-state index contributed by atoms with van der Waals surface area (Å²) in [5, 5.41) is 8.93. The van der Waals surface area contributed by atoms with Gasteiger partial charge in [-0.1, -0.05) is 187 Å². The second-order valence-electron chi connectivity index (χ2n) is 16.2. The maximum Gasteiger partial charge on any atom is 0.472 e. The molecular formula is C54H90NO9P. The highest BCUT2D eigenvalue weighted by Gasteiger charge is 2.27. The molecule has 0 saturated carbocycles. The van der Waals surface area contributed by atoms with E-state index < -0.39 is 45.1 Å². The van der Waals surface area contributed by atoms with Crippen molar-refractivity contribution in [1.82, 2.24) is 0 Å². The second-order valence-corrected chi connectivity index (χ2v) is 17.6. The van der Waals surface area contributed by atoms with Gasteiger partial charge >= 0.3 is 19.8 Å². The van der Waals surface area contributed by atoms with E-state index >= 15 is 0 Å². The molecule has 0 radical (unpaired) electrons. The summed E-state index contributed by atoms with van der Waals surface area (Å²) in [5.74, 6) is -1.82. The maximum atomic E-state index is 12.7. The largest absolute Gasteiger partial charge is 0.480 e. The van der Waals surface area contributed by atoms with Crippen molar-refractivity contribution in [3.8, 4) is 0 Å². The molecule has 3 atom stereocenters. The molecule has 0 aromatic carbocycles. The van der Waals surface area contributed by atoms with Gasteiger partial charge in [0.2, 0.25) is 0 Å². The summed E-state index contributed by atoms with van der Waals surface area (Å²) in [6, 6.07) is -1.49. The van der Waals surface area contributed by atoms with Gasteiger partial charge in [0, 0.05) is 13.0 Å². The monoisotopic (exact) mass is 928 g/mol. The summed E-state index contributed by atoms with van der Waals surface area (Å²) in [7, 11) is -4.64. The fourth-order valence-corrected chi connectivity index (χ4v) is 7.05. The van der Waals surface area contributed by atoms with Crippen LogP contribution in [-0.2, 0) is 32.7 Å². The number of esters is 1. The molecule has 0 aliphatic heterocycles. The lowest BCUT2D eigenvalue weighted by Gasteiger charge is -2.20. The first-order valence-electron chi connectivity index (χ1n) is 24.9. The SMILES string of the molecule is CC/C=C\C/C=C\C/C=C\C/C=C\C/C=C\CCCCCC(=O)OC(COCCCCCCCCCCCCC/C=C\C/C=C\C/C=C\C/C=C\CC)COP(=O)(O)OCC(N)C(=O)O. The van der Waals surface area contributed by atoms with Crippen LogP contribution in [0.4, 0.5) is 0 Å². The second kappa shape index (κ2) is 48.6. The summed E-state index contributed by atoms with van der Waals surface area (Å²) < 4.78 is 33.5. The normalized spacial score (nSPS) is 14.6. The Bertz CT molecular complexity index is 1440. The van der Waals surface area contributed by atoms with E-state index in [2.05, 4.69) is 123 Å². The number of hydrogen-bond donors (Lipinski definition) is 3. The van der Waals surface area contributed by atoms with Crippen molar-refractivity contribution in [3.05, 3.63) is 109 Å². The number of nitrogens with two attached hydrogens (primary N) is 1. The third-order valence-corrected chi connectivity index (χ3v) is 11.0. The lowest BCUT2D eigenvalue weighted by molar-refractivity contribution is -0.154. The Labute approximate surface area is 395 Å². The number of allylic oxidation sites excluding steroid dienone is 18. The molecule has 0 aromatic heterocycles. The quantitative estimate of drug-likeness (QED) is 0.0233. The van der Waals surface area contributed by atoms with Crippen LogP contribution in [0.25, 0.3) is 0 Å². The van der Waals surface area contributed by atoms with Crippen molar-refractivity contribution in [2.45, 2.75) is 193 Å². The molecule has 0 aromatic rings. The number of unbranched alkanes of at least 4 members (excludes halogenated alkanes) is 14. The van der Waals surface area contributed by atoms with Gasteiger partial charge in [-0.2, -0.15) is 0 Å². The van der Waals surface area contributed by atoms with E-state index in [-0.39, 0.29) is 13.0 Å². The Hall–Kier alpha value is -3.37. The molecule has 65 heavy (non-hydrogen) atoms. The standard InChI is InChI=1S/C54H90NO9P/c1-3-5-7-9-11-13-15-17-19-21-23-24-25-26-27-29-31-33-35-37-39-41-43-45-47-61-48-51(49-62-65(59,60)63-50-52(55)54(57)58)64-53(56)46-44-42-40-38-36-34-32-30-28-22-20-18-16-14-12-10-8-6-4-2/h5-8,11-14,17-20,23-24,28,30,34,36,51-52H,3-4,9-10,15-16,21-22,25-27,29,31-33,35,37-50,55H2,1-2H3,(H,57,58)(H,59,60)/b7-5-,8-6-,13-11-,14-12-,19-17-,20-18-,24-23-,30-28-,36-34-. The molecule has 0 fully saturated rings. The predicted molar refractivity (Wildman–Crippen MR) is 272 cm³/mol. The van der Waals surface area contributed by atoms with Gasteiger partial charge in [0.1, 0.15) is 12.1 Å². The van der Waals surface area contributed by atoms with Crippen LogP contribution in [0.15, 0.2) is 109 Å². The maximum absolute atomic E-state index is 12.7. The van der Waals surface area contributed by atoms with E-state index in [1.807, 2.05) is 0 Å². The average molecular weight is 928 g/mol. The summed E-state index contributed by atoms with van der Waals surface area (Å²) in [6.07, 6.45) is 65.7. The molecule has 0 aliphatic rings. The predicted octanol–water partition coefficient (Wildman–Crippen LogP) is 14.6. The fraction of sp³-hybridized carbons (Fsp3) is 0.630. The van der Waals surface area contributed by atoms with Crippen LogP contribution in [0.1, 0.15) is 181 Å². The highest BCUT2D eigenvalue weighted by Crippen LogP contribution is 2.43. The Morgan fingerprint density at radius 2 is 0.846 bits per heavy atom. The van der Waals surface area contributed by atoms with E-state index in [1.165, 1.54) is 57.8 Å². The number of ether oxygens (including phenoxy) is 2. The molecule has 10 nitrogen and oxygen atoms in total. The smallest absolute Gasteiger partial charge is 0.472 e. The minimum absolute atomic E-state index is 0.00606. The number of aliphatic carboxylic acids is 1. The summed E-state index contributed by atoms with van der Waals surface area (Å²) in [5.41, 5.74) is 5.37. The number of carbonyl (C=O) groups excluding carboxylic acids is 1. The summed E-state index contributed by atoms with van der Waals surface area (Å²) >= 11 is 0. The van der Waals surface area contributed by atoms with Crippen LogP contribution in [0, 0.1) is 0 Å². The average Bonchev–Trinajstić information content (AvgIpc) is 3.29. The zero-order valence-electron chi connectivity index (χ0n) is 40.5. The van der Waals surface area contributed by atoms with E-state index in [1.54, 1.807) is 0 Å². The van der Waals surface area contributed by atoms with Crippen molar-refractivity contribution in [2.75, 3.05) is 26.4 Å². The minimum atomic E-state index is -4.64.